The van der Waals surface area contributed by atoms with Crippen molar-refractivity contribution in [1.29, 1.82) is 0 Å². The van der Waals surface area contributed by atoms with Crippen LogP contribution >= 0.6 is 0 Å². The lowest BCUT2D eigenvalue weighted by molar-refractivity contribution is -0.163. The third-order valence-electron chi connectivity index (χ3n) is 1.29. The maximum Gasteiger partial charge on any atom is 0.417 e. The van der Waals surface area contributed by atoms with Crippen molar-refractivity contribution >= 4 is 0 Å². The van der Waals surface area contributed by atoms with E-state index in [2.05, 4.69) is 5.92 Å². The molecule has 13 heavy (non-hydrogen) atoms. The van der Waals surface area contributed by atoms with Crippen molar-refractivity contribution in [1.82, 2.24) is 0 Å². The van der Waals surface area contributed by atoms with Gasteiger partial charge >= 0.3 is 6.18 Å². The summed E-state index contributed by atoms with van der Waals surface area (Å²) in [7, 11) is 0. The van der Waals surface area contributed by atoms with Crippen molar-refractivity contribution in [3.63, 3.8) is 0 Å². The first-order valence-electron chi connectivity index (χ1n) is 3.86. The highest BCUT2D eigenvalue weighted by atomic mass is 19.4. The Morgan fingerprint density at radius 2 is 1.31 bits per heavy atom. The van der Waals surface area contributed by atoms with Crippen LogP contribution in [0.15, 0.2) is 0 Å². The summed E-state index contributed by atoms with van der Waals surface area (Å²) >= 11 is 0. The van der Waals surface area contributed by atoms with Gasteiger partial charge in [0.25, 0.3) is 0 Å². The van der Waals surface area contributed by atoms with Gasteiger partial charge in [0.05, 0.1) is 0 Å². The third kappa shape index (κ3) is 4.18. The molecule has 1 nitrogen and oxygen atoms in total. The summed E-state index contributed by atoms with van der Waals surface area (Å²) in [6.45, 7) is 6.05. The first-order valence-corrected chi connectivity index (χ1v) is 3.86. The minimum Gasteiger partial charge on any atom is -0.308 e. The molecule has 0 heterocycles. The van der Waals surface area contributed by atoms with Crippen LogP contribution in [0, 0.1) is 17.3 Å². The van der Waals surface area contributed by atoms with E-state index in [-0.39, 0.29) is 0 Å². The molecule has 0 bridgehead atoms. The molecule has 1 unspecified atom stereocenters. The Kier molecular flexibility index (Phi) is 3.05. The van der Waals surface area contributed by atoms with Crippen LogP contribution in [0.25, 0.3) is 0 Å². The molecule has 4 heteroatoms. The molecule has 0 aromatic heterocycles. The average Bonchev–Trinajstić information content (AvgIpc) is 1.79. The Labute approximate surface area is 76.5 Å². The molecule has 0 aliphatic carbocycles. The van der Waals surface area contributed by atoms with E-state index in [9.17, 15) is 13.2 Å². The second-order valence-corrected chi connectivity index (χ2v) is 4.20. The lowest BCUT2D eigenvalue weighted by Gasteiger charge is -2.22. The second-order valence-electron chi connectivity index (χ2n) is 4.20. The average molecular weight is 193 g/mol. The molecule has 0 rings (SSSR count). The fourth-order valence-corrected chi connectivity index (χ4v) is 0.388. The van der Waals surface area contributed by atoms with Gasteiger partial charge in [0.2, 0.25) is 0 Å². The molecule has 0 amide bonds. The van der Waals surface area contributed by atoms with Crippen LogP contribution in [0.2, 0.25) is 0 Å². The zero-order valence-electron chi connectivity index (χ0n) is 8.21. The molecule has 0 aromatic carbocycles. The topological polar surface area (TPSA) is 26.0 Å². The van der Waals surface area contributed by atoms with E-state index in [0.29, 0.717) is 0 Å². The number of hydrogen-bond acceptors (Lipinski definition) is 1. The maximum absolute atomic E-state index is 12.2. The summed E-state index contributed by atoms with van der Waals surface area (Å²) in [5.41, 5.74) is 2.12. The van der Waals surface area contributed by atoms with Crippen molar-refractivity contribution in [3.8, 4) is 11.8 Å². The normalized spacial score (nSPS) is 17.2. The van der Waals surface area contributed by atoms with Gasteiger partial charge < -0.3 is 5.73 Å². The Bertz CT molecular complexity index is 234. The van der Waals surface area contributed by atoms with Gasteiger partial charge in [-0.2, -0.15) is 13.2 Å². The van der Waals surface area contributed by atoms with Crippen molar-refractivity contribution in [2.24, 2.45) is 11.1 Å². The number of halogens is 3. The van der Waals surface area contributed by atoms with Gasteiger partial charge in [-0.15, -0.1) is 0 Å². The molecule has 0 spiro atoms. The van der Waals surface area contributed by atoms with E-state index < -0.39 is 17.1 Å². The van der Waals surface area contributed by atoms with Crippen LogP contribution in [0.1, 0.15) is 27.7 Å². The summed E-state index contributed by atoms with van der Waals surface area (Å²) in [5, 5.41) is 0. The molecule has 0 aliphatic rings. The van der Waals surface area contributed by atoms with E-state index in [4.69, 9.17) is 5.73 Å². The van der Waals surface area contributed by atoms with E-state index in [1.807, 2.05) is 5.92 Å². The Morgan fingerprint density at radius 3 is 1.54 bits per heavy atom. The summed E-state index contributed by atoms with van der Waals surface area (Å²) in [6, 6.07) is 0. The van der Waals surface area contributed by atoms with Crippen molar-refractivity contribution < 1.29 is 13.2 Å². The predicted molar refractivity (Wildman–Crippen MR) is 45.9 cm³/mol. The maximum atomic E-state index is 12.2. The van der Waals surface area contributed by atoms with Crippen LogP contribution in [-0.2, 0) is 0 Å². The molecule has 76 valence electrons. The van der Waals surface area contributed by atoms with Crippen molar-refractivity contribution in [3.05, 3.63) is 0 Å². The minimum atomic E-state index is -4.48. The Balaban J connectivity index is 4.77. The molecule has 2 N–H and O–H groups in total. The zero-order valence-corrected chi connectivity index (χ0v) is 8.21. The minimum absolute atomic E-state index is 0.466. The molecule has 0 radical (unpaired) electrons. The van der Waals surface area contributed by atoms with Crippen molar-refractivity contribution in [2.75, 3.05) is 0 Å². The van der Waals surface area contributed by atoms with Gasteiger partial charge in [-0.05, 0) is 27.7 Å². The van der Waals surface area contributed by atoms with Crippen LogP contribution in [0.5, 0.6) is 0 Å². The number of alkyl halides is 3. The lowest BCUT2D eigenvalue weighted by Crippen LogP contribution is -2.49. The van der Waals surface area contributed by atoms with Gasteiger partial charge in [-0.1, -0.05) is 11.8 Å². The number of hydrogen-bond donors (Lipinski definition) is 1. The molecule has 0 fully saturated rings. The summed E-state index contributed by atoms with van der Waals surface area (Å²) in [4.78, 5) is 0. The summed E-state index contributed by atoms with van der Waals surface area (Å²) in [6.07, 6.45) is -4.48. The highest BCUT2D eigenvalue weighted by molar-refractivity contribution is 5.21. The van der Waals surface area contributed by atoms with Gasteiger partial charge in [-0.25, -0.2) is 0 Å². The molecule has 1 atom stereocenters. The third-order valence-corrected chi connectivity index (χ3v) is 1.29. The van der Waals surface area contributed by atoms with Crippen LogP contribution in [0.4, 0.5) is 13.2 Å². The Morgan fingerprint density at radius 1 is 0.923 bits per heavy atom. The summed E-state index contributed by atoms with van der Waals surface area (Å²) in [5.74, 6) is 4.52. The molecule has 0 aromatic rings. The van der Waals surface area contributed by atoms with Gasteiger partial charge in [-0.3, -0.25) is 0 Å². The molecule has 0 saturated carbocycles. The van der Waals surface area contributed by atoms with Gasteiger partial charge in [0, 0.05) is 5.41 Å². The molecular formula is C9H14F3N. The van der Waals surface area contributed by atoms with Crippen LogP contribution in [-0.4, -0.2) is 11.7 Å². The quantitative estimate of drug-likeness (QED) is 0.587. The van der Waals surface area contributed by atoms with Crippen molar-refractivity contribution in [2.45, 2.75) is 39.4 Å². The van der Waals surface area contributed by atoms with Crippen LogP contribution < -0.4 is 5.73 Å². The van der Waals surface area contributed by atoms with E-state index in [1.165, 1.54) is 0 Å². The smallest absolute Gasteiger partial charge is 0.308 e. The van der Waals surface area contributed by atoms with E-state index >= 15 is 0 Å². The highest BCUT2D eigenvalue weighted by Crippen LogP contribution is 2.27. The molecular weight excluding hydrogens is 179 g/mol. The van der Waals surface area contributed by atoms with Crippen LogP contribution in [0.3, 0.4) is 0 Å². The largest absolute Gasteiger partial charge is 0.417 e. The second kappa shape index (κ2) is 3.22. The zero-order chi connectivity index (χ0) is 10.9. The summed E-state index contributed by atoms with van der Waals surface area (Å²) < 4.78 is 36.5. The molecule has 0 saturated heterocycles. The molecule has 0 aliphatic heterocycles. The van der Waals surface area contributed by atoms with Gasteiger partial charge in [0.1, 0.15) is 0 Å². The number of nitrogens with two attached hydrogens (primary N) is 1. The fourth-order valence-electron chi connectivity index (χ4n) is 0.388. The highest BCUT2D eigenvalue weighted by Gasteiger charge is 2.47. The van der Waals surface area contributed by atoms with E-state index in [0.717, 1.165) is 6.92 Å². The number of rotatable bonds is 0. The van der Waals surface area contributed by atoms with E-state index in [1.54, 1.807) is 20.8 Å². The fraction of sp³-hybridized carbons (Fsp3) is 0.778. The van der Waals surface area contributed by atoms with Gasteiger partial charge in [0.15, 0.2) is 5.54 Å². The first kappa shape index (κ1) is 12.3. The Hall–Kier alpha value is -0.690. The SMILES string of the molecule is CC(C)(C)C#CC(C)(N)C(F)(F)F. The monoisotopic (exact) mass is 193 g/mol. The lowest BCUT2D eigenvalue weighted by atomic mass is 9.95. The first-order chi connectivity index (χ1) is 5.46. The standard InChI is InChI=1S/C9H14F3N/c1-7(2,3)5-6-8(4,13)9(10,11)12/h13H2,1-4H3. The predicted octanol–water partition coefficient (Wildman–Crippen LogP) is 2.32.